The van der Waals surface area contributed by atoms with Gasteiger partial charge in [0, 0.05) is 38.8 Å². The molecule has 1 heterocycles. The molecule has 0 aromatic heterocycles. The van der Waals surface area contributed by atoms with Crippen molar-refractivity contribution in [3.8, 4) is 0 Å². The van der Waals surface area contributed by atoms with E-state index in [-0.39, 0.29) is 11.8 Å². The second kappa shape index (κ2) is 7.26. The lowest BCUT2D eigenvalue weighted by Gasteiger charge is -2.36. The van der Waals surface area contributed by atoms with Crippen LogP contribution in [0.25, 0.3) is 0 Å². The maximum atomic E-state index is 11.7. The van der Waals surface area contributed by atoms with E-state index in [1.165, 1.54) is 23.7 Å². The van der Waals surface area contributed by atoms with Crippen LogP contribution in [-0.2, 0) is 9.59 Å². The van der Waals surface area contributed by atoms with Gasteiger partial charge in [0.1, 0.15) is 0 Å². The first-order chi connectivity index (χ1) is 10.5. The highest BCUT2D eigenvalue weighted by Crippen LogP contribution is 2.23. The van der Waals surface area contributed by atoms with Crippen molar-refractivity contribution in [2.75, 3.05) is 37.6 Å². The van der Waals surface area contributed by atoms with Gasteiger partial charge in [0.2, 0.25) is 5.91 Å². The number of hydrogen-bond donors (Lipinski definition) is 2. The number of amides is 2. The minimum atomic E-state index is -0.270. The highest BCUT2D eigenvalue weighted by Gasteiger charge is 2.20. The van der Waals surface area contributed by atoms with Crippen LogP contribution in [0.3, 0.4) is 0 Å². The summed E-state index contributed by atoms with van der Waals surface area (Å²) in [5.41, 5.74) is 8.60. The highest BCUT2D eigenvalue weighted by atomic mass is 16.2. The number of carbonyl (C=O) groups excluding carboxylic acids is 2. The average molecular weight is 304 g/mol. The zero-order chi connectivity index (χ0) is 16.1. The molecule has 1 fully saturated rings. The van der Waals surface area contributed by atoms with E-state index in [0.717, 1.165) is 26.2 Å². The molecule has 1 aliphatic heterocycles. The molecule has 6 heteroatoms. The first kappa shape index (κ1) is 16.3. The fraction of sp³-hybridized carbons (Fsp3) is 0.500. The van der Waals surface area contributed by atoms with Crippen LogP contribution in [0.1, 0.15) is 18.1 Å². The van der Waals surface area contributed by atoms with E-state index in [0.29, 0.717) is 6.54 Å². The van der Waals surface area contributed by atoms with Gasteiger partial charge >= 0.3 is 0 Å². The Morgan fingerprint density at radius 3 is 2.41 bits per heavy atom. The maximum absolute atomic E-state index is 11.7. The summed E-state index contributed by atoms with van der Waals surface area (Å²) < 4.78 is 0. The number of aryl methyl sites for hydroxylation is 1. The number of hydrazine groups is 1. The first-order valence-electron chi connectivity index (χ1n) is 7.56. The molecule has 120 valence electrons. The molecule has 0 bridgehead atoms. The van der Waals surface area contributed by atoms with E-state index >= 15 is 0 Å². The van der Waals surface area contributed by atoms with E-state index in [2.05, 4.69) is 52.7 Å². The molecule has 6 nitrogen and oxygen atoms in total. The molecule has 0 aliphatic carbocycles. The topological polar surface area (TPSA) is 64.7 Å². The first-order valence-corrected chi connectivity index (χ1v) is 7.56. The van der Waals surface area contributed by atoms with Crippen LogP contribution in [0.2, 0.25) is 0 Å². The van der Waals surface area contributed by atoms with E-state index in [1.807, 2.05) is 0 Å². The standard InChI is InChI=1S/C16H24N4O2/c1-12-5-4-6-15(13(12)2)20-9-7-19(8-10-20)11-16(22)18-17-14(3)21/h4-6H,7-11H2,1-3H3,(H,17,21)(H,18,22). The van der Waals surface area contributed by atoms with Gasteiger partial charge in [-0.05, 0) is 31.0 Å². The number of carbonyl (C=O) groups is 2. The average Bonchev–Trinajstić information content (AvgIpc) is 2.49. The third-order valence-electron chi connectivity index (χ3n) is 4.03. The Morgan fingerprint density at radius 1 is 1.09 bits per heavy atom. The molecule has 2 rings (SSSR count). The Bertz CT molecular complexity index is 551. The monoisotopic (exact) mass is 304 g/mol. The van der Waals surface area contributed by atoms with Crippen molar-refractivity contribution in [1.82, 2.24) is 15.8 Å². The van der Waals surface area contributed by atoms with Crippen LogP contribution >= 0.6 is 0 Å². The van der Waals surface area contributed by atoms with Gasteiger partial charge in [0.25, 0.3) is 5.91 Å². The van der Waals surface area contributed by atoms with Crippen molar-refractivity contribution in [1.29, 1.82) is 0 Å². The van der Waals surface area contributed by atoms with Crippen molar-refractivity contribution in [2.24, 2.45) is 0 Å². The molecule has 22 heavy (non-hydrogen) atoms. The van der Waals surface area contributed by atoms with E-state index in [4.69, 9.17) is 0 Å². The molecule has 1 aromatic carbocycles. The summed E-state index contributed by atoms with van der Waals surface area (Å²) in [6, 6.07) is 6.37. The van der Waals surface area contributed by atoms with Gasteiger partial charge in [0.05, 0.1) is 6.54 Å². The van der Waals surface area contributed by atoms with Gasteiger partial charge in [-0.1, -0.05) is 12.1 Å². The SMILES string of the molecule is CC(=O)NNC(=O)CN1CCN(c2cccc(C)c2C)CC1. The number of benzene rings is 1. The molecule has 1 saturated heterocycles. The molecule has 0 atom stereocenters. The van der Waals surface area contributed by atoms with Crippen LogP contribution < -0.4 is 15.8 Å². The minimum absolute atomic E-state index is 0.185. The van der Waals surface area contributed by atoms with Gasteiger partial charge in [0.15, 0.2) is 0 Å². The smallest absolute Gasteiger partial charge is 0.252 e. The molecular weight excluding hydrogens is 280 g/mol. The van der Waals surface area contributed by atoms with E-state index in [9.17, 15) is 9.59 Å². The summed E-state index contributed by atoms with van der Waals surface area (Å²) in [4.78, 5) is 26.9. The number of hydrogen-bond acceptors (Lipinski definition) is 4. The van der Waals surface area contributed by atoms with Crippen LogP contribution in [-0.4, -0.2) is 49.4 Å². The summed E-state index contributed by atoms with van der Waals surface area (Å²) in [7, 11) is 0. The number of nitrogens with one attached hydrogen (secondary N) is 2. The lowest BCUT2D eigenvalue weighted by molar-refractivity contribution is -0.128. The number of piperazine rings is 1. The lowest BCUT2D eigenvalue weighted by atomic mass is 10.1. The molecule has 2 N–H and O–H groups in total. The Morgan fingerprint density at radius 2 is 1.77 bits per heavy atom. The highest BCUT2D eigenvalue weighted by molar-refractivity contribution is 5.82. The van der Waals surface area contributed by atoms with Crippen LogP contribution in [0.5, 0.6) is 0 Å². The summed E-state index contributed by atoms with van der Waals surface area (Å²) in [5, 5.41) is 0. The fourth-order valence-electron chi connectivity index (χ4n) is 2.63. The molecule has 0 unspecified atom stereocenters. The van der Waals surface area contributed by atoms with Gasteiger partial charge in [-0.2, -0.15) is 0 Å². The predicted molar refractivity (Wildman–Crippen MR) is 86.5 cm³/mol. The van der Waals surface area contributed by atoms with Gasteiger partial charge in [-0.15, -0.1) is 0 Å². The third kappa shape index (κ3) is 4.21. The molecule has 1 aromatic rings. The second-order valence-electron chi connectivity index (χ2n) is 5.71. The molecule has 0 saturated carbocycles. The molecule has 0 spiro atoms. The van der Waals surface area contributed by atoms with Gasteiger partial charge in [-0.3, -0.25) is 25.3 Å². The normalized spacial score (nSPS) is 15.5. The van der Waals surface area contributed by atoms with Crippen LogP contribution in [0.4, 0.5) is 5.69 Å². The number of rotatable bonds is 3. The van der Waals surface area contributed by atoms with Gasteiger partial charge in [-0.25, -0.2) is 0 Å². The quantitative estimate of drug-likeness (QED) is 0.803. The third-order valence-corrected chi connectivity index (χ3v) is 4.03. The van der Waals surface area contributed by atoms with Crippen molar-refractivity contribution in [3.05, 3.63) is 29.3 Å². The van der Waals surface area contributed by atoms with Crippen LogP contribution in [0, 0.1) is 13.8 Å². The number of nitrogens with zero attached hydrogens (tertiary/aromatic N) is 2. The van der Waals surface area contributed by atoms with E-state index < -0.39 is 0 Å². The zero-order valence-electron chi connectivity index (χ0n) is 13.5. The van der Waals surface area contributed by atoms with Crippen molar-refractivity contribution >= 4 is 17.5 Å². The Balaban J connectivity index is 1.84. The van der Waals surface area contributed by atoms with Crippen LogP contribution in [0.15, 0.2) is 18.2 Å². The fourth-order valence-corrected chi connectivity index (χ4v) is 2.63. The number of anilines is 1. The summed E-state index contributed by atoms with van der Waals surface area (Å²) in [5.74, 6) is -0.455. The Hall–Kier alpha value is -2.08. The molecule has 0 radical (unpaired) electrons. The zero-order valence-corrected chi connectivity index (χ0v) is 13.5. The molecular formula is C16H24N4O2. The van der Waals surface area contributed by atoms with Gasteiger partial charge < -0.3 is 4.90 Å². The molecule has 2 amide bonds. The van der Waals surface area contributed by atoms with E-state index in [1.54, 1.807) is 0 Å². The Kier molecular flexibility index (Phi) is 5.38. The van der Waals surface area contributed by atoms with Crippen molar-refractivity contribution in [2.45, 2.75) is 20.8 Å². The summed E-state index contributed by atoms with van der Waals surface area (Å²) in [6.45, 7) is 9.42. The second-order valence-corrected chi connectivity index (χ2v) is 5.71. The summed E-state index contributed by atoms with van der Waals surface area (Å²) >= 11 is 0. The lowest BCUT2D eigenvalue weighted by Crippen LogP contribution is -2.51. The van der Waals surface area contributed by atoms with Crippen molar-refractivity contribution < 1.29 is 9.59 Å². The largest absolute Gasteiger partial charge is 0.369 e. The molecule has 1 aliphatic rings. The Labute approximate surface area is 131 Å². The summed E-state index contributed by atoms with van der Waals surface area (Å²) in [6.07, 6.45) is 0. The minimum Gasteiger partial charge on any atom is -0.369 e. The predicted octanol–water partition coefficient (Wildman–Crippen LogP) is 0.593. The maximum Gasteiger partial charge on any atom is 0.252 e. The van der Waals surface area contributed by atoms with Crippen molar-refractivity contribution in [3.63, 3.8) is 0 Å².